The van der Waals surface area contributed by atoms with Crippen molar-refractivity contribution in [1.82, 2.24) is 0 Å². The van der Waals surface area contributed by atoms with Crippen molar-refractivity contribution >= 4 is 11.6 Å². The summed E-state index contributed by atoms with van der Waals surface area (Å²) in [6.45, 7) is 6.77. The highest BCUT2D eigenvalue weighted by Crippen LogP contribution is 2.19. The molecule has 0 amide bonds. The molecule has 0 aliphatic carbocycles. The van der Waals surface area contributed by atoms with Crippen molar-refractivity contribution in [2.24, 2.45) is 0 Å². The fourth-order valence-electron chi connectivity index (χ4n) is 1.35. The van der Waals surface area contributed by atoms with Gasteiger partial charge in [-0.05, 0) is 39.0 Å². The summed E-state index contributed by atoms with van der Waals surface area (Å²) in [5.74, 6) is 5.84. The van der Waals surface area contributed by atoms with Crippen LogP contribution in [0, 0.1) is 17.7 Å². The first kappa shape index (κ1) is 15.8. The summed E-state index contributed by atoms with van der Waals surface area (Å²) in [7, 11) is 0. The summed E-state index contributed by atoms with van der Waals surface area (Å²) in [6, 6.07) is 4.23. The fraction of sp³-hybridized carbons (Fsp3) is 0.467. The Kier molecular flexibility index (Phi) is 6.14. The second-order valence-corrected chi connectivity index (χ2v) is 5.15. The summed E-state index contributed by atoms with van der Waals surface area (Å²) < 4.78 is 24.2. The zero-order valence-corrected chi connectivity index (χ0v) is 12.2. The number of hydrogen-bond donors (Lipinski definition) is 0. The lowest BCUT2D eigenvalue weighted by molar-refractivity contribution is -0.0163. The highest BCUT2D eigenvalue weighted by atomic mass is 35.5. The van der Waals surface area contributed by atoms with Gasteiger partial charge in [0.05, 0.1) is 23.7 Å². The average molecular weight is 285 g/mol. The normalized spacial score (nSPS) is 10.8. The lowest BCUT2D eigenvalue weighted by atomic mass is 10.2. The molecule has 0 saturated carbocycles. The molecule has 0 N–H and O–H groups in total. The molecule has 0 aliphatic rings. The zero-order chi connectivity index (χ0) is 14.3. The van der Waals surface area contributed by atoms with Crippen LogP contribution in [0.4, 0.5) is 4.39 Å². The Morgan fingerprint density at radius 1 is 1.26 bits per heavy atom. The Morgan fingerprint density at radius 2 is 2.00 bits per heavy atom. The van der Waals surface area contributed by atoms with Crippen LogP contribution >= 0.6 is 11.6 Å². The minimum Gasteiger partial charge on any atom is -0.490 e. The average Bonchev–Trinajstić information content (AvgIpc) is 2.32. The molecule has 0 heterocycles. The number of alkyl halides is 1. The van der Waals surface area contributed by atoms with Crippen LogP contribution in [0.25, 0.3) is 0 Å². The monoisotopic (exact) mass is 284 g/mol. The van der Waals surface area contributed by atoms with Gasteiger partial charge in [-0.1, -0.05) is 11.8 Å². The van der Waals surface area contributed by atoms with Crippen LogP contribution in [0.5, 0.6) is 5.75 Å². The SMILES string of the molecule is CC(C)(C)OCCOc1ccc(F)cc1C#CCCl. The number of halogens is 2. The Hall–Kier alpha value is -1.24. The van der Waals surface area contributed by atoms with Crippen LogP contribution < -0.4 is 4.74 Å². The van der Waals surface area contributed by atoms with E-state index in [0.717, 1.165) is 0 Å². The Morgan fingerprint density at radius 3 is 2.63 bits per heavy atom. The topological polar surface area (TPSA) is 18.5 Å². The molecule has 0 radical (unpaired) electrons. The van der Waals surface area contributed by atoms with Crippen molar-refractivity contribution in [3.05, 3.63) is 29.6 Å². The fourth-order valence-corrected chi connectivity index (χ4v) is 1.42. The van der Waals surface area contributed by atoms with Crippen molar-refractivity contribution in [2.45, 2.75) is 26.4 Å². The molecule has 0 bridgehead atoms. The summed E-state index contributed by atoms with van der Waals surface area (Å²) in [5.41, 5.74) is 0.296. The first-order chi connectivity index (χ1) is 8.92. The van der Waals surface area contributed by atoms with E-state index in [4.69, 9.17) is 21.1 Å². The molecule has 0 fully saturated rings. The molecule has 19 heavy (non-hydrogen) atoms. The van der Waals surface area contributed by atoms with E-state index in [2.05, 4.69) is 11.8 Å². The number of rotatable bonds is 4. The molecule has 1 rings (SSSR count). The predicted molar refractivity (Wildman–Crippen MR) is 75.2 cm³/mol. The van der Waals surface area contributed by atoms with E-state index in [0.29, 0.717) is 24.5 Å². The largest absolute Gasteiger partial charge is 0.490 e. The van der Waals surface area contributed by atoms with Crippen molar-refractivity contribution in [3.8, 4) is 17.6 Å². The molecule has 0 aliphatic heterocycles. The summed E-state index contributed by atoms with van der Waals surface area (Å²) in [4.78, 5) is 0. The van der Waals surface area contributed by atoms with Crippen LogP contribution in [0.2, 0.25) is 0 Å². The third kappa shape index (κ3) is 6.47. The molecule has 104 valence electrons. The van der Waals surface area contributed by atoms with Crippen molar-refractivity contribution in [2.75, 3.05) is 19.1 Å². The van der Waals surface area contributed by atoms with E-state index >= 15 is 0 Å². The molecule has 0 spiro atoms. The molecular weight excluding hydrogens is 267 g/mol. The van der Waals surface area contributed by atoms with E-state index in [1.807, 2.05) is 20.8 Å². The molecular formula is C15H18ClFO2. The van der Waals surface area contributed by atoms with Gasteiger partial charge in [0.1, 0.15) is 18.2 Å². The van der Waals surface area contributed by atoms with Crippen LogP contribution in [0.1, 0.15) is 26.3 Å². The summed E-state index contributed by atoms with van der Waals surface area (Å²) in [6.07, 6.45) is 0. The highest BCUT2D eigenvalue weighted by Gasteiger charge is 2.10. The molecule has 0 aromatic heterocycles. The summed E-state index contributed by atoms with van der Waals surface area (Å²) in [5, 5.41) is 0. The van der Waals surface area contributed by atoms with Gasteiger partial charge in [0.25, 0.3) is 0 Å². The molecule has 0 saturated heterocycles. The number of benzene rings is 1. The maximum Gasteiger partial charge on any atom is 0.135 e. The molecule has 1 aromatic rings. The zero-order valence-electron chi connectivity index (χ0n) is 11.4. The molecule has 0 atom stereocenters. The van der Waals surface area contributed by atoms with Gasteiger partial charge in [0.15, 0.2) is 0 Å². The van der Waals surface area contributed by atoms with Crippen molar-refractivity contribution in [3.63, 3.8) is 0 Å². The predicted octanol–water partition coefficient (Wildman–Crippen LogP) is 3.61. The van der Waals surface area contributed by atoms with E-state index < -0.39 is 0 Å². The first-order valence-electron chi connectivity index (χ1n) is 6.03. The van der Waals surface area contributed by atoms with E-state index in [-0.39, 0.29) is 17.3 Å². The van der Waals surface area contributed by atoms with Crippen molar-refractivity contribution in [1.29, 1.82) is 0 Å². The molecule has 2 nitrogen and oxygen atoms in total. The van der Waals surface area contributed by atoms with Crippen LogP contribution in [0.15, 0.2) is 18.2 Å². The van der Waals surface area contributed by atoms with Crippen LogP contribution in [-0.2, 0) is 4.74 Å². The van der Waals surface area contributed by atoms with E-state index in [1.165, 1.54) is 12.1 Å². The van der Waals surface area contributed by atoms with Gasteiger partial charge in [-0.15, -0.1) is 11.6 Å². The number of hydrogen-bond acceptors (Lipinski definition) is 2. The second kappa shape index (κ2) is 7.37. The maximum atomic E-state index is 13.1. The molecule has 0 unspecified atom stereocenters. The van der Waals surface area contributed by atoms with Gasteiger partial charge in [-0.25, -0.2) is 4.39 Å². The first-order valence-corrected chi connectivity index (χ1v) is 6.57. The molecule has 4 heteroatoms. The van der Waals surface area contributed by atoms with Gasteiger partial charge in [-0.2, -0.15) is 0 Å². The van der Waals surface area contributed by atoms with Gasteiger partial charge in [-0.3, -0.25) is 0 Å². The Balaban J connectivity index is 2.62. The third-order valence-electron chi connectivity index (χ3n) is 2.11. The van der Waals surface area contributed by atoms with Crippen LogP contribution in [0.3, 0.4) is 0 Å². The second-order valence-electron chi connectivity index (χ2n) is 4.89. The Bertz CT molecular complexity index is 469. The van der Waals surface area contributed by atoms with Gasteiger partial charge < -0.3 is 9.47 Å². The van der Waals surface area contributed by atoms with Gasteiger partial charge in [0.2, 0.25) is 0 Å². The molecule has 1 aromatic carbocycles. The smallest absolute Gasteiger partial charge is 0.135 e. The number of ether oxygens (including phenoxy) is 2. The van der Waals surface area contributed by atoms with Crippen LogP contribution in [-0.4, -0.2) is 24.7 Å². The summed E-state index contributed by atoms with van der Waals surface area (Å²) >= 11 is 5.49. The van der Waals surface area contributed by atoms with Crippen molar-refractivity contribution < 1.29 is 13.9 Å². The van der Waals surface area contributed by atoms with E-state index in [1.54, 1.807) is 6.07 Å². The standard InChI is InChI=1S/C15H18ClFO2/c1-15(2,3)19-10-9-18-14-7-6-13(17)11-12(14)5-4-8-16/h6-7,11H,8-10H2,1-3H3. The third-order valence-corrected chi connectivity index (χ3v) is 2.24. The quantitative estimate of drug-likeness (QED) is 0.478. The lowest BCUT2D eigenvalue weighted by Crippen LogP contribution is -2.22. The van der Waals surface area contributed by atoms with E-state index in [9.17, 15) is 4.39 Å². The lowest BCUT2D eigenvalue weighted by Gasteiger charge is -2.19. The minimum absolute atomic E-state index is 0.198. The minimum atomic E-state index is -0.350. The van der Waals surface area contributed by atoms with Gasteiger partial charge in [0, 0.05) is 0 Å². The Labute approximate surface area is 118 Å². The maximum absolute atomic E-state index is 13.1. The highest BCUT2D eigenvalue weighted by molar-refractivity contribution is 6.19. The van der Waals surface area contributed by atoms with Gasteiger partial charge >= 0.3 is 0 Å².